The Bertz CT molecular complexity index is 628. The zero-order valence-electron chi connectivity index (χ0n) is 13.6. The Kier molecular flexibility index (Phi) is 6.01. The Morgan fingerprint density at radius 1 is 1.35 bits per heavy atom. The lowest BCUT2D eigenvalue weighted by Crippen LogP contribution is -2.50. The van der Waals surface area contributed by atoms with E-state index in [0.717, 1.165) is 19.3 Å². The Morgan fingerprint density at radius 3 is 2.65 bits per heavy atom. The van der Waals surface area contributed by atoms with Gasteiger partial charge in [-0.1, -0.05) is 19.1 Å². The predicted octanol–water partition coefficient (Wildman–Crippen LogP) is 1.17. The number of aryl methyl sites for hydroxylation is 1. The van der Waals surface area contributed by atoms with E-state index in [1.165, 1.54) is 16.1 Å². The highest BCUT2D eigenvalue weighted by Gasteiger charge is 2.26. The second kappa shape index (κ2) is 7.79. The maximum atomic E-state index is 12.0. The van der Waals surface area contributed by atoms with Gasteiger partial charge >= 0.3 is 0 Å². The summed E-state index contributed by atoms with van der Waals surface area (Å²) < 4.78 is 30.0. The number of nitrogens with zero attached hydrogens (tertiary/aromatic N) is 1. The minimum atomic E-state index is -3.21. The maximum absolute atomic E-state index is 12.0. The summed E-state index contributed by atoms with van der Waals surface area (Å²) in [5, 5.41) is 2.84. The molecule has 0 bridgehead atoms. The molecule has 1 aromatic carbocycles. The van der Waals surface area contributed by atoms with Crippen molar-refractivity contribution in [2.24, 2.45) is 0 Å². The Balaban J connectivity index is 1.80. The number of piperidine rings is 1. The molecule has 128 valence electrons. The van der Waals surface area contributed by atoms with Gasteiger partial charge in [0.2, 0.25) is 10.0 Å². The molecule has 0 spiro atoms. The molecule has 0 aliphatic carbocycles. The van der Waals surface area contributed by atoms with Crippen molar-refractivity contribution < 1.29 is 17.9 Å². The molecule has 1 fully saturated rings. The number of nitrogens with one attached hydrogen (secondary N) is 1. The summed E-state index contributed by atoms with van der Waals surface area (Å²) in [6.07, 6.45) is 3.68. The molecule has 6 nitrogen and oxygen atoms in total. The third-order valence-corrected chi connectivity index (χ3v) is 5.19. The molecule has 1 saturated heterocycles. The molecule has 0 radical (unpaired) electrons. The lowest BCUT2D eigenvalue weighted by atomic mass is 10.1. The van der Waals surface area contributed by atoms with Crippen LogP contribution in [-0.2, 0) is 21.2 Å². The van der Waals surface area contributed by atoms with Crippen LogP contribution in [0, 0.1) is 0 Å². The molecule has 0 aromatic heterocycles. The van der Waals surface area contributed by atoms with Crippen LogP contribution in [0.5, 0.6) is 5.75 Å². The SMILES string of the molecule is CCc1ccc(OCC(=O)NC2CCCN(S(C)(=O)=O)C2)cc1. The third-order valence-electron chi connectivity index (χ3n) is 3.92. The lowest BCUT2D eigenvalue weighted by molar-refractivity contribution is -0.124. The van der Waals surface area contributed by atoms with Gasteiger partial charge < -0.3 is 10.1 Å². The number of benzene rings is 1. The molecule has 7 heteroatoms. The summed E-state index contributed by atoms with van der Waals surface area (Å²) in [6, 6.07) is 7.48. The Labute approximate surface area is 137 Å². The van der Waals surface area contributed by atoms with Gasteiger partial charge in [-0.15, -0.1) is 0 Å². The number of ether oxygens (including phenoxy) is 1. The van der Waals surface area contributed by atoms with E-state index in [-0.39, 0.29) is 18.6 Å². The van der Waals surface area contributed by atoms with Crippen LogP contribution in [0.4, 0.5) is 0 Å². The summed E-state index contributed by atoms with van der Waals surface area (Å²) in [7, 11) is -3.21. The standard InChI is InChI=1S/C16H24N2O4S/c1-3-13-6-8-15(9-7-13)22-12-16(19)17-14-5-4-10-18(11-14)23(2,20)21/h6-9,14H,3-5,10-12H2,1-2H3,(H,17,19). The van der Waals surface area contributed by atoms with Crippen molar-refractivity contribution in [1.82, 2.24) is 9.62 Å². The molecule has 1 atom stereocenters. The van der Waals surface area contributed by atoms with Crippen molar-refractivity contribution in [1.29, 1.82) is 0 Å². The molecule has 0 saturated carbocycles. The van der Waals surface area contributed by atoms with Crippen LogP contribution in [0.1, 0.15) is 25.3 Å². The first-order valence-corrected chi connectivity index (χ1v) is 9.69. The van der Waals surface area contributed by atoms with E-state index in [2.05, 4.69) is 12.2 Å². The lowest BCUT2D eigenvalue weighted by Gasteiger charge is -2.31. The predicted molar refractivity (Wildman–Crippen MR) is 88.9 cm³/mol. The van der Waals surface area contributed by atoms with Gasteiger partial charge in [-0.3, -0.25) is 4.79 Å². The van der Waals surface area contributed by atoms with E-state index in [4.69, 9.17) is 4.74 Å². The molecule has 23 heavy (non-hydrogen) atoms. The number of carbonyl (C=O) groups is 1. The average Bonchev–Trinajstić information content (AvgIpc) is 2.53. The topological polar surface area (TPSA) is 75.7 Å². The van der Waals surface area contributed by atoms with Crippen LogP contribution in [0.2, 0.25) is 0 Å². The summed E-state index contributed by atoms with van der Waals surface area (Å²) in [5.74, 6) is 0.420. The zero-order chi connectivity index (χ0) is 16.9. The van der Waals surface area contributed by atoms with Gasteiger partial charge in [-0.05, 0) is 37.0 Å². The quantitative estimate of drug-likeness (QED) is 0.843. The van der Waals surface area contributed by atoms with Crippen molar-refractivity contribution in [3.8, 4) is 5.75 Å². The molecule has 1 aromatic rings. The van der Waals surface area contributed by atoms with Gasteiger partial charge in [0.25, 0.3) is 5.91 Å². The van der Waals surface area contributed by atoms with Crippen LogP contribution in [0.3, 0.4) is 0 Å². The largest absolute Gasteiger partial charge is 0.484 e. The van der Waals surface area contributed by atoms with Crippen molar-refractivity contribution >= 4 is 15.9 Å². The first kappa shape index (κ1) is 17.7. The fraction of sp³-hybridized carbons (Fsp3) is 0.562. The van der Waals surface area contributed by atoms with Crippen molar-refractivity contribution in [3.05, 3.63) is 29.8 Å². The van der Waals surface area contributed by atoms with Crippen LogP contribution in [0.25, 0.3) is 0 Å². The van der Waals surface area contributed by atoms with E-state index in [0.29, 0.717) is 18.8 Å². The van der Waals surface area contributed by atoms with Gasteiger partial charge in [0.1, 0.15) is 5.75 Å². The fourth-order valence-electron chi connectivity index (χ4n) is 2.60. The number of sulfonamides is 1. The van der Waals surface area contributed by atoms with E-state index < -0.39 is 10.0 Å². The van der Waals surface area contributed by atoms with Crippen LogP contribution in [-0.4, -0.2) is 50.6 Å². The van der Waals surface area contributed by atoms with Crippen molar-refractivity contribution in [2.45, 2.75) is 32.2 Å². The molecular weight excluding hydrogens is 316 g/mol. The Hall–Kier alpha value is -1.60. The van der Waals surface area contributed by atoms with E-state index in [1.54, 1.807) is 0 Å². The van der Waals surface area contributed by atoms with Gasteiger partial charge in [0, 0.05) is 19.1 Å². The first-order valence-electron chi connectivity index (χ1n) is 7.84. The highest BCUT2D eigenvalue weighted by molar-refractivity contribution is 7.88. The molecular formula is C16H24N2O4S. The highest BCUT2D eigenvalue weighted by Crippen LogP contribution is 2.14. The van der Waals surface area contributed by atoms with E-state index >= 15 is 0 Å². The third kappa shape index (κ3) is 5.51. The van der Waals surface area contributed by atoms with Gasteiger partial charge in [0.05, 0.1) is 6.26 Å². The first-order chi connectivity index (χ1) is 10.9. The molecule has 1 aliphatic heterocycles. The zero-order valence-corrected chi connectivity index (χ0v) is 14.4. The Morgan fingerprint density at radius 2 is 2.04 bits per heavy atom. The second-order valence-corrected chi connectivity index (χ2v) is 7.80. The molecule has 1 amide bonds. The second-order valence-electron chi connectivity index (χ2n) is 5.81. The summed E-state index contributed by atoms with van der Waals surface area (Å²) >= 11 is 0. The van der Waals surface area contributed by atoms with E-state index in [1.807, 2.05) is 24.3 Å². The highest BCUT2D eigenvalue weighted by atomic mass is 32.2. The van der Waals surface area contributed by atoms with Crippen LogP contribution < -0.4 is 10.1 Å². The molecule has 1 heterocycles. The smallest absolute Gasteiger partial charge is 0.258 e. The summed E-state index contributed by atoms with van der Waals surface area (Å²) in [4.78, 5) is 12.0. The van der Waals surface area contributed by atoms with Crippen LogP contribution in [0.15, 0.2) is 24.3 Å². The number of hydrogen-bond acceptors (Lipinski definition) is 4. The summed E-state index contributed by atoms with van der Waals surface area (Å²) in [6.45, 7) is 2.86. The number of hydrogen-bond donors (Lipinski definition) is 1. The molecule has 2 rings (SSSR count). The monoisotopic (exact) mass is 340 g/mol. The molecule has 1 unspecified atom stereocenters. The summed E-state index contributed by atoms with van der Waals surface area (Å²) in [5.41, 5.74) is 1.21. The van der Waals surface area contributed by atoms with Crippen molar-refractivity contribution in [2.75, 3.05) is 26.0 Å². The average molecular weight is 340 g/mol. The normalized spacial score (nSPS) is 19.3. The van der Waals surface area contributed by atoms with Gasteiger partial charge in [-0.25, -0.2) is 12.7 Å². The van der Waals surface area contributed by atoms with Crippen molar-refractivity contribution in [3.63, 3.8) is 0 Å². The molecule has 1 aliphatic rings. The fourth-order valence-corrected chi connectivity index (χ4v) is 3.51. The van der Waals surface area contributed by atoms with Crippen LogP contribution >= 0.6 is 0 Å². The minimum Gasteiger partial charge on any atom is -0.484 e. The maximum Gasteiger partial charge on any atom is 0.258 e. The number of rotatable bonds is 6. The minimum absolute atomic E-state index is 0.0686. The van der Waals surface area contributed by atoms with Gasteiger partial charge in [0.15, 0.2) is 6.61 Å². The van der Waals surface area contributed by atoms with E-state index in [9.17, 15) is 13.2 Å². The number of carbonyl (C=O) groups excluding carboxylic acids is 1. The molecule has 1 N–H and O–H groups in total. The van der Waals surface area contributed by atoms with Gasteiger partial charge in [-0.2, -0.15) is 0 Å². The number of amides is 1.